The van der Waals surface area contributed by atoms with Crippen molar-refractivity contribution in [3.63, 3.8) is 0 Å². The first-order valence-corrected chi connectivity index (χ1v) is 25.5. The molecule has 0 aromatic carbocycles. The van der Waals surface area contributed by atoms with Gasteiger partial charge < -0.3 is 28.8 Å². The molecular formula is C46H41ClF6N18O8S2. The predicted octanol–water partition coefficient (Wildman–Crippen LogP) is 6.27. The smallest absolute Gasteiger partial charge is 0.338 e. The van der Waals surface area contributed by atoms with Gasteiger partial charge in [-0.05, 0) is 64.8 Å². The van der Waals surface area contributed by atoms with E-state index in [4.69, 9.17) is 16.1 Å². The van der Waals surface area contributed by atoms with Gasteiger partial charge in [0.25, 0.3) is 11.1 Å². The van der Waals surface area contributed by atoms with E-state index < -0.39 is 70.1 Å². The number of imidazole rings is 2. The average Bonchev–Trinajstić information content (AvgIpc) is 4.46. The summed E-state index contributed by atoms with van der Waals surface area (Å²) in [6.07, 6.45) is -4.40. The Morgan fingerprint density at radius 3 is 1.56 bits per heavy atom. The number of hydrogen-bond acceptors (Lipinski definition) is 20. The Morgan fingerprint density at radius 1 is 0.679 bits per heavy atom. The van der Waals surface area contributed by atoms with Gasteiger partial charge in [-0.3, -0.25) is 43.3 Å². The molecule has 10 aromatic rings. The van der Waals surface area contributed by atoms with Crippen molar-refractivity contribution in [2.24, 2.45) is 14.1 Å². The first-order valence-electron chi connectivity index (χ1n) is 23.2. The van der Waals surface area contributed by atoms with E-state index in [-0.39, 0.29) is 57.5 Å². The number of fused-ring (bicyclic) bond motifs is 2. The highest BCUT2D eigenvalue weighted by Gasteiger charge is 2.36. The number of carbonyl (C=O) groups is 2. The van der Waals surface area contributed by atoms with Crippen LogP contribution >= 0.6 is 34.3 Å². The lowest BCUT2D eigenvalue weighted by Crippen LogP contribution is -2.40. The lowest BCUT2D eigenvalue weighted by atomic mass is 10.1. The molecule has 0 bridgehead atoms. The van der Waals surface area contributed by atoms with Crippen LogP contribution in [0.1, 0.15) is 71.9 Å². The number of hydrogen-bond donors (Lipinski definition) is 3. The maximum absolute atomic E-state index is 13.3. The van der Waals surface area contributed by atoms with E-state index in [1.165, 1.54) is 91.0 Å². The van der Waals surface area contributed by atoms with E-state index in [9.17, 15) is 55.1 Å². The Hall–Kier alpha value is -9.05. The van der Waals surface area contributed by atoms with Crippen molar-refractivity contribution in [3.8, 4) is 21.1 Å². The number of carbonyl (C=O) groups excluding carboxylic acids is 2. The molecule has 0 unspecified atom stereocenters. The number of halogens is 7. The molecule has 81 heavy (non-hydrogen) atoms. The number of nitrogens with one attached hydrogen (secondary N) is 3. The summed E-state index contributed by atoms with van der Waals surface area (Å²) < 4.78 is 93.4. The largest absolute Gasteiger partial charge is 0.433 e. The monoisotopic (exact) mass is 1190 g/mol. The van der Waals surface area contributed by atoms with Gasteiger partial charge in [0.05, 0.1) is 12.7 Å². The Kier molecular flexibility index (Phi) is 16.5. The van der Waals surface area contributed by atoms with Crippen molar-refractivity contribution in [1.29, 1.82) is 0 Å². The fourth-order valence-corrected chi connectivity index (χ4v) is 9.30. The molecule has 424 valence electrons. The van der Waals surface area contributed by atoms with Crippen LogP contribution < -0.4 is 33.1 Å². The standard InChI is InChI=1S/C23H20F3N9O4S.C19H16F3N7O3S.C4H5ClN2O/c1-10-5-13(6-27-17(10)23(24,25)26)20-31-14(8-40-20)30-19(36)11(2)35-9-28-18-16(35)21(37)34(22(38)33(18)4)7-15-29-12(3)32-39-15;1-8-4-10(5-23-13(8)19(20,21)22)17-26-11(6-33-17)25-15(30)9(2)29-7-24-14-12(29)16(31)27-18(32)28(14)3;1-3-6-4(2-5)8-7-3/h5-6,8-9,11H,7H2,1-4H3,(H,30,36);4-7,9H,1-3H3,(H,25,30)(H,27,31,32);2H2,1H3/t11-;9-;/m00./s1. The molecule has 0 saturated carbocycles. The highest BCUT2D eigenvalue weighted by molar-refractivity contribution is 7.13. The van der Waals surface area contributed by atoms with Crippen molar-refractivity contribution in [2.45, 2.75) is 78.4 Å². The van der Waals surface area contributed by atoms with E-state index >= 15 is 0 Å². The normalized spacial score (nSPS) is 12.4. The van der Waals surface area contributed by atoms with Crippen LogP contribution in [0, 0.1) is 27.7 Å². The molecule has 3 N–H and O–H groups in total. The molecule has 0 aliphatic carbocycles. The highest BCUT2D eigenvalue weighted by atomic mass is 35.5. The number of pyridine rings is 2. The number of thiazole rings is 2. The summed E-state index contributed by atoms with van der Waals surface area (Å²) in [6.45, 7) is 8.76. The van der Waals surface area contributed by atoms with Gasteiger partial charge in [-0.2, -0.15) is 36.3 Å². The van der Waals surface area contributed by atoms with Crippen LogP contribution in [0.5, 0.6) is 0 Å². The van der Waals surface area contributed by atoms with E-state index in [1.54, 1.807) is 13.8 Å². The Balaban J connectivity index is 0.000000189. The van der Waals surface area contributed by atoms with Crippen molar-refractivity contribution in [2.75, 3.05) is 10.6 Å². The van der Waals surface area contributed by atoms with Crippen LogP contribution in [-0.2, 0) is 48.5 Å². The Labute approximate surface area is 461 Å². The number of amides is 2. The van der Waals surface area contributed by atoms with Crippen LogP contribution in [0.25, 0.3) is 43.5 Å². The van der Waals surface area contributed by atoms with Gasteiger partial charge in [0.15, 0.2) is 34.0 Å². The minimum atomic E-state index is -4.57. The van der Waals surface area contributed by atoms with Gasteiger partial charge in [-0.1, -0.05) is 10.3 Å². The number of alkyl halides is 7. The lowest BCUT2D eigenvalue weighted by molar-refractivity contribution is -0.142. The third-order valence-corrected chi connectivity index (χ3v) is 13.7. The van der Waals surface area contributed by atoms with E-state index in [1.807, 2.05) is 0 Å². The summed E-state index contributed by atoms with van der Waals surface area (Å²) in [5.74, 6) is 1.08. The molecule has 0 spiro atoms. The maximum atomic E-state index is 13.3. The topological polar surface area (TPSA) is 322 Å². The molecule has 2 atom stereocenters. The fraction of sp³-hybridized carbons (Fsp3) is 0.304. The number of aromatic nitrogens is 16. The van der Waals surface area contributed by atoms with Crippen molar-refractivity contribution in [1.82, 2.24) is 78.0 Å². The number of rotatable bonds is 11. The van der Waals surface area contributed by atoms with Crippen molar-refractivity contribution < 1.29 is 45.0 Å². The van der Waals surface area contributed by atoms with Crippen LogP contribution in [0.3, 0.4) is 0 Å². The van der Waals surface area contributed by atoms with Gasteiger partial charge >= 0.3 is 23.7 Å². The third kappa shape index (κ3) is 12.4. The summed E-state index contributed by atoms with van der Waals surface area (Å²) >= 11 is 7.58. The summed E-state index contributed by atoms with van der Waals surface area (Å²) in [6, 6.07) is 0.811. The van der Waals surface area contributed by atoms with Crippen molar-refractivity contribution >= 4 is 80.1 Å². The minimum Gasteiger partial charge on any atom is -0.338 e. The summed E-state index contributed by atoms with van der Waals surface area (Å²) in [7, 11) is 2.88. The van der Waals surface area contributed by atoms with Crippen LogP contribution in [0.15, 0.2) is 76.2 Å². The first-order chi connectivity index (χ1) is 38.1. The summed E-state index contributed by atoms with van der Waals surface area (Å²) in [4.78, 5) is 110. The molecule has 26 nitrogen and oxygen atoms in total. The zero-order valence-corrected chi connectivity index (χ0v) is 45.5. The molecule has 0 fully saturated rings. The molecule has 10 rings (SSSR count). The second-order valence-corrected chi connectivity index (χ2v) is 19.5. The SMILES string of the molecule is Cc1cc(-c2nc(NC(=O)[C@H](C)n3cnc4c3c(=O)[nH]c(=O)n4C)cs2)cnc1C(F)(F)F.Cc1noc(CCl)n1.Cc1noc(Cn2c(=O)c3c(ncn3[C@@H](C)C(=O)Nc3csc(-c4cnc(C(F)(F)F)c(C)c4)n3)n(C)c2=O)n1. The second-order valence-electron chi connectivity index (χ2n) is 17.5. The molecule has 35 heteroatoms. The minimum absolute atomic E-state index is 0.00579. The molecule has 10 aromatic heterocycles. The maximum Gasteiger partial charge on any atom is 0.433 e. The average molecular weight is 1190 g/mol. The number of anilines is 2. The molecule has 0 aliphatic heterocycles. The molecule has 2 amide bonds. The van der Waals surface area contributed by atoms with Gasteiger partial charge in [-0.25, -0.2) is 34.1 Å². The lowest BCUT2D eigenvalue weighted by Gasteiger charge is -2.14. The summed E-state index contributed by atoms with van der Waals surface area (Å²) in [5.41, 5.74) is -3.68. The quantitative estimate of drug-likeness (QED) is 0.0949. The third-order valence-electron chi connectivity index (χ3n) is 11.7. The number of aryl methyl sites for hydroxylation is 6. The fourth-order valence-electron chi connectivity index (χ4n) is 7.72. The molecular weight excluding hydrogens is 1150 g/mol. The van der Waals surface area contributed by atoms with Gasteiger partial charge in [0.1, 0.15) is 57.5 Å². The van der Waals surface area contributed by atoms with E-state index in [2.05, 4.69) is 70.3 Å². The molecule has 0 radical (unpaired) electrons. The van der Waals surface area contributed by atoms with Gasteiger partial charge in [-0.15, -0.1) is 34.3 Å². The number of aromatic amines is 1. The number of H-pyrrole nitrogens is 1. The Morgan fingerprint density at radius 2 is 1.14 bits per heavy atom. The van der Waals surface area contributed by atoms with Crippen LogP contribution in [0.4, 0.5) is 38.0 Å². The predicted molar refractivity (Wildman–Crippen MR) is 278 cm³/mol. The first kappa shape index (κ1) is 58.1. The second kappa shape index (κ2) is 23.0. The zero-order valence-electron chi connectivity index (χ0n) is 43.1. The highest BCUT2D eigenvalue weighted by Crippen LogP contribution is 2.35. The van der Waals surface area contributed by atoms with Crippen LogP contribution in [0.2, 0.25) is 0 Å². The van der Waals surface area contributed by atoms with Crippen LogP contribution in [-0.4, -0.2) is 89.8 Å². The van der Waals surface area contributed by atoms with E-state index in [0.29, 0.717) is 44.6 Å². The zero-order chi connectivity index (χ0) is 59.0. The molecule has 10 heterocycles. The van der Waals surface area contributed by atoms with Gasteiger partial charge in [0.2, 0.25) is 23.6 Å². The molecule has 0 aliphatic rings. The number of nitrogens with zero attached hydrogens (tertiary/aromatic N) is 15. The van der Waals surface area contributed by atoms with Gasteiger partial charge in [0, 0.05) is 48.4 Å². The van der Waals surface area contributed by atoms with E-state index in [0.717, 1.165) is 44.2 Å². The molecule has 0 saturated heterocycles. The van der Waals surface area contributed by atoms with Crippen molar-refractivity contribution in [3.05, 3.63) is 136 Å². The Bertz CT molecular complexity index is 4260. The summed E-state index contributed by atoms with van der Waals surface area (Å²) in [5, 5.41) is 16.2.